The molecular weight excluding hydrogens is 494 g/mol. The summed E-state index contributed by atoms with van der Waals surface area (Å²) in [5.74, 6) is -3.43. The molecule has 1 atom stereocenters. The highest BCUT2D eigenvalue weighted by Crippen LogP contribution is 2.35. The SMILES string of the molecule is Cc1ccccc1C(C/C(=N\O)c1ccc(=O)n(C)c1)c1ccc(Oc2ccc(C(=O)O)c(F)c2)cc1F. The molecule has 0 aliphatic rings. The smallest absolute Gasteiger partial charge is 0.338 e. The molecule has 0 saturated heterocycles. The van der Waals surface area contributed by atoms with Gasteiger partial charge in [-0.2, -0.15) is 0 Å². The van der Waals surface area contributed by atoms with Crippen molar-refractivity contribution in [2.75, 3.05) is 0 Å². The van der Waals surface area contributed by atoms with Gasteiger partial charge in [0.15, 0.2) is 0 Å². The predicted octanol–water partition coefficient (Wildman–Crippen LogP) is 5.86. The van der Waals surface area contributed by atoms with E-state index < -0.39 is 29.1 Å². The number of halogens is 2. The average molecular weight is 519 g/mol. The van der Waals surface area contributed by atoms with E-state index in [-0.39, 0.29) is 29.2 Å². The molecule has 1 heterocycles. The number of carboxylic acid groups (broad SMARTS) is 1. The summed E-state index contributed by atoms with van der Waals surface area (Å²) in [6.45, 7) is 1.90. The molecule has 3 aromatic carbocycles. The molecule has 0 fully saturated rings. The Bertz CT molecular complexity index is 1600. The highest BCUT2D eigenvalue weighted by Gasteiger charge is 2.24. The van der Waals surface area contributed by atoms with Crippen molar-refractivity contribution in [2.24, 2.45) is 12.2 Å². The zero-order valence-electron chi connectivity index (χ0n) is 20.6. The number of benzene rings is 3. The summed E-state index contributed by atoms with van der Waals surface area (Å²) in [6.07, 6.45) is 1.67. The number of oxime groups is 1. The van der Waals surface area contributed by atoms with Crippen LogP contribution in [-0.4, -0.2) is 26.6 Å². The summed E-state index contributed by atoms with van der Waals surface area (Å²) in [5, 5.41) is 22.3. The van der Waals surface area contributed by atoms with Crippen molar-refractivity contribution in [1.29, 1.82) is 0 Å². The summed E-state index contributed by atoms with van der Waals surface area (Å²) in [6, 6.07) is 17.9. The molecule has 0 radical (unpaired) electrons. The second-order valence-corrected chi connectivity index (χ2v) is 8.76. The number of hydrogen-bond acceptors (Lipinski definition) is 5. The number of aromatic carboxylic acids is 1. The summed E-state index contributed by atoms with van der Waals surface area (Å²) < 4.78 is 36.5. The zero-order valence-corrected chi connectivity index (χ0v) is 20.6. The quantitative estimate of drug-likeness (QED) is 0.173. The van der Waals surface area contributed by atoms with E-state index in [1.807, 2.05) is 31.2 Å². The van der Waals surface area contributed by atoms with Crippen molar-refractivity contribution in [1.82, 2.24) is 4.57 Å². The van der Waals surface area contributed by atoms with Crippen molar-refractivity contribution >= 4 is 11.7 Å². The molecule has 4 rings (SSSR count). The number of hydrogen-bond donors (Lipinski definition) is 2. The van der Waals surface area contributed by atoms with E-state index in [1.165, 1.54) is 22.8 Å². The first kappa shape index (κ1) is 26.3. The molecule has 2 N–H and O–H groups in total. The van der Waals surface area contributed by atoms with Crippen LogP contribution in [0.15, 0.2) is 88.9 Å². The number of nitrogens with zero attached hydrogens (tertiary/aromatic N) is 2. The number of carboxylic acids is 1. The van der Waals surface area contributed by atoms with Gasteiger partial charge >= 0.3 is 5.97 Å². The van der Waals surface area contributed by atoms with Gasteiger partial charge in [-0.1, -0.05) is 35.5 Å². The van der Waals surface area contributed by atoms with Crippen molar-refractivity contribution in [3.05, 3.63) is 129 Å². The molecule has 0 amide bonds. The molecule has 0 aliphatic heterocycles. The molecule has 9 heteroatoms. The fourth-order valence-electron chi connectivity index (χ4n) is 4.26. The zero-order chi connectivity index (χ0) is 27.4. The van der Waals surface area contributed by atoms with Crippen LogP contribution in [-0.2, 0) is 7.05 Å². The van der Waals surface area contributed by atoms with E-state index in [1.54, 1.807) is 25.4 Å². The Morgan fingerprint density at radius 3 is 2.26 bits per heavy atom. The van der Waals surface area contributed by atoms with Gasteiger partial charge in [-0.05, 0) is 47.9 Å². The lowest BCUT2D eigenvalue weighted by Gasteiger charge is -2.22. The van der Waals surface area contributed by atoms with Crippen LogP contribution in [0.4, 0.5) is 8.78 Å². The predicted molar refractivity (Wildman–Crippen MR) is 137 cm³/mol. The first-order chi connectivity index (χ1) is 18.2. The first-order valence-electron chi connectivity index (χ1n) is 11.6. The molecule has 1 unspecified atom stereocenters. The van der Waals surface area contributed by atoms with Gasteiger partial charge in [0.25, 0.3) is 0 Å². The average Bonchev–Trinajstić information content (AvgIpc) is 2.88. The Kier molecular flexibility index (Phi) is 7.66. The molecule has 38 heavy (non-hydrogen) atoms. The van der Waals surface area contributed by atoms with Crippen molar-refractivity contribution in [3.63, 3.8) is 0 Å². The van der Waals surface area contributed by atoms with E-state index in [0.29, 0.717) is 11.1 Å². The Hall–Kier alpha value is -4.79. The van der Waals surface area contributed by atoms with Crippen LogP contribution in [0, 0.1) is 18.6 Å². The minimum atomic E-state index is -1.41. The van der Waals surface area contributed by atoms with Crippen LogP contribution in [0.3, 0.4) is 0 Å². The molecular formula is C29H24F2N2O5. The molecule has 0 bridgehead atoms. The van der Waals surface area contributed by atoms with Gasteiger partial charge < -0.3 is 19.6 Å². The molecule has 4 aromatic rings. The minimum absolute atomic E-state index is 0.0134. The normalized spacial score (nSPS) is 12.3. The maximum atomic E-state index is 15.6. The molecule has 0 saturated carbocycles. The number of aryl methyl sites for hydroxylation is 2. The Labute approximate surface area is 216 Å². The number of carbonyl (C=O) groups is 1. The third kappa shape index (κ3) is 5.62. The fraction of sp³-hybridized carbons (Fsp3) is 0.138. The lowest BCUT2D eigenvalue weighted by Crippen LogP contribution is -2.18. The summed E-state index contributed by atoms with van der Waals surface area (Å²) in [5.41, 5.74) is 2.09. The van der Waals surface area contributed by atoms with Crippen molar-refractivity contribution < 1.29 is 28.6 Å². The number of ether oxygens (including phenoxy) is 1. The number of aromatic nitrogens is 1. The van der Waals surface area contributed by atoms with Gasteiger partial charge in [0, 0.05) is 49.3 Å². The van der Waals surface area contributed by atoms with Gasteiger partial charge in [-0.3, -0.25) is 4.79 Å². The van der Waals surface area contributed by atoms with E-state index in [4.69, 9.17) is 9.84 Å². The van der Waals surface area contributed by atoms with Crippen LogP contribution in [0.2, 0.25) is 0 Å². The lowest BCUT2D eigenvalue weighted by molar-refractivity contribution is 0.0692. The standard InChI is InChI=1S/C29H24F2N2O5/c1-17-5-3-4-6-21(17)24(15-27(32-37)18-7-12-28(34)33(2)16-18)22-10-8-19(13-25(22)30)38-20-9-11-23(29(35)36)26(31)14-20/h3-14,16,24,37H,15H2,1-2H3,(H,35,36)/b32-27+. The third-order valence-corrected chi connectivity index (χ3v) is 6.26. The second kappa shape index (κ2) is 11.1. The van der Waals surface area contributed by atoms with Gasteiger partial charge in [0.1, 0.15) is 23.1 Å². The Morgan fingerprint density at radius 2 is 1.66 bits per heavy atom. The van der Waals surface area contributed by atoms with Crippen LogP contribution < -0.4 is 10.3 Å². The van der Waals surface area contributed by atoms with E-state index >= 15 is 4.39 Å². The summed E-state index contributed by atoms with van der Waals surface area (Å²) in [7, 11) is 1.58. The second-order valence-electron chi connectivity index (χ2n) is 8.76. The van der Waals surface area contributed by atoms with Crippen LogP contribution in [0.25, 0.3) is 0 Å². The minimum Gasteiger partial charge on any atom is -0.478 e. The fourth-order valence-corrected chi connectivity index (χ4v) is 4.26. The third-order valence-electron chi connectivity index (χ3n) is 6.26. The van der Waals surface area contributed by atoms with Gasteiger partial charge in [-0.25, -0.2) is 13.6 Å². The van der Waals surface area contributed by atoms with Crippen LogP contribution in [0.5, 0.6) is 11.5 Å². The van der Waals surface area contributed by atoms with E-state index in [0.717, 1.165) is 29.3 Å². The number of pyridine rings is 1. The van der Waals surface area contributed by atoms with E-state index in [9.17, 15) is 19.2 Å². The maximum absolute atomic E-state index is 15.6. The van der Waals surface area contributed by atoms with Crippen LogP contribution >= 0.6 is 0 Å². The highest BCUT2D eigenvalue weighted by molar-refractivity contribution is 6.00. The van der Waals surface area contributed by atoms with Gasteiger partial charge in [0.05, 0.1) is 11.3 Å². The largest absolute Gasteiger partial charge is 0.478 e. The Morgan fingerprint density at radius 1 is 0.974 bits per heavy atom. The molecule has 194 valence electrons. The van der Waals surface area contributed by atoms with E-state index in [2.05, 4.69) is 5.16 Å². The number of rotatable bonds is 8. The summed E-state index contributed by atoms with van der Waals surface area (Å²) in [4.78, 5) is 22.8. The molecule has 1 aromatic heterocycles. The molecule has 0 aliphatic carbocycles. The van der Waals surface area contributed by atoms with Crippen molar-refractivity contribution in [3.8, 4) is 11.5 Å². The highest BCUT2D eigenvalue weighted by atomic mass is 19.1. The van der Waals surface area contributed by atoms with Gasteiger partial charge in [-0.15, -0.1) is 0 Å². The lowest BCUT2D eigenvalue weighted by atomic mass is 9.83. The topological polar surface area (TPSA) is 101 Å². The monoisotopic (exact) mass is 518 g/mol. The Balaban J connectivity index is 1.70. The van der Waals surface area contributed by atoms with Crippen LogP contribution in [0.1, 0.15) is 45.0 Å². The summed E-state index contributed by atoms with van der Waals surface area (Å²) >= 11 is 0. The van der Waals surface area contributed by atoms with Crippen molar-refractivity contribution in [2.45, 2.75) is 19.3 Å². The first-order valence-corrected chi connectivity index (χ1v) is 11.6. The molecule has 7 nitrogen and oxygen atoms in total. The molecule has 0 spiro atoms. The maximum Gasteiger partial charge on any atom is 0.338 e. The van der Waals surface area contributed by atoms with Gasteiger partial charge in [0.2, 0.25) is 5.56 Å².